The van der Waals surface area contributed by atoms with Crippen molar-refractivity contribution in [2.24, 2.45) is 5.92 Å². The Balaban J connectivity index is 1.91. The van der Waals surface area contributed by atoms with Crippen molar-refractivity contribution in [1.82, 2.24) is 15.3 Å². The van der Waals surface area contributed by atoms with Crippen LogP contribution in [0.1, 0.15) is 29.8 Å². The topological polar surface area (TPSA) is 92.2 Å². The number of aromatic nitrogens is 2. The normalized spacial score (nSPS) is 23.3. The molecule has 2 rings (SSSR count). The van der Waals surface area contributed by atoms with E-state index in [0.29, 0.717) is 19.3 Å². The third-order valence-corrected chi connectivity index (χ3v) is 2.91. The molecule has 0 bridgehead atoms. The molecule has 2 N–H and O–H groups in total. The number of carboxylic acids is 1. The lowest BCUT2D eigenvalue weighted by Crippen LogP contribution is -2.33. The van der Waals surface area contributed by atoms with Crippen LogP contribution in [-0.2, 0) is 4.79 Å². The van der Waals surface area contributed by atoms with E-state index in [1.165, 1.54) is 18.6 Å². The summed E-state index contributed by atoms with van der Waals surface area (Å²) in [7, 11) is 0. The Kier molecular flexibility index (Phi) is 3.32. The van der Waals surface area contributed by atoms with Gasteiger partial charge in [-0.25, -0.2) is 4.98 Å². The minimum atomic E-state index is -0.791. The van der Waals surface area contributed by atoms with Crippen LogP contribution in [0.3, 0.4) is 0 Å². The van der Waals surface area contributed by atoms with Gasteiger partial charge in [-0.3, -0.25) is 14.6 Å². The lowest BCUT2D eigenvalue weighted by Gasteiger charge is -2.11. The average molecular weight is 235 g/mol. The standard InChI is InChI=1S/C11H13N3O3/c15-10(9-6-12-3-4-13-9)14-8-2-1-7(5-8)11(16)17/h3-4,6-8H,1-2,5H2,(H,14,15)(H,16,17). The van der Waals surface area contributed by atoms with Crippen LogP contribution in [-0.4, -0.2) is 33.0 Å². The quantitative estimate of drug-likeness (QED) is 0.794. The van der Waals surface area contributed by atoms with Gasteiger partial charge in [0.05, 0.1) is 12.1 Å². The molecule has 0 aromatic carbocycles. The number of hydrogen-bond donors (Lipinski definition) is 2. The maximum Gasteiger partial charge on any atom is 0.306 e. The molecule has 2 atom stereocenters. The zero-order valence-corrected chi connectivity index (χ0v) is 9.17. The Labute approximate surface area is 98.1 Å². The van der Waals surface area contributed by atoms with Crippen molar-refractivity contribution in [3.63, 3.8) is 0 Å². The number of nitrogens with one attached hydrogen (secondary N) is 1. The minimum absolute atomic E-state index is 0.0781. The van der Waals surface area contributed by atoms with E-state index in [4.69, 9.17) is 5.11 Å². The van der Waals surface area contributed by atoms with Crippen LogP contribution in [0.2, 0.25) is 0 Å². The molecule has 6 nitrogen and oxygen atoms in total. The van der Waals surface area contributed by atoms with Crippen molar-refractivity contribution in [2.45, 2.75) is 25.3 Å². The van der Waals surface area contributed by atoms with Gasteiger partial charge < -0.3 is 10.4 Å². The van der Waals surface area contributed by atoms with E-state index in [-0.39, 0.29) is 23.6 Å². The SMILES string of the molecule is O=C(NC1CCC(C(=O)O)C1)c1cnccn1. The first-order valence-electron chi connectivity index (χ1n) is 5.46. The van der Waals surface area contributed by atoms with E-state index in [1.54, 1.807) is 0 Å². The number of rotatable bonds is 3. The summed E-state index contributed by atoms with van der Waals surface area (Å²) in [5.74, 6) is -1.43. The molecule has 1 aromatic heterocycles. The lowest BCUT2D eigenvalue weighted by atomic mass is 10.1. The molecule has 6 heteroatoms. The van der Waals surface area contributed by atoms with Crippen molar-refractivity contribution >= 4 is 11.9 Å². The molecule has 0 spiro atoms. The smallest absolute Gasteiger partial charge is 0.306 e. The molecule has 0 radical (unpaired) electrons. The molecule has 1 amide bonds. The van der Waals surface area contributed by atoms with Crippen LogP contribution in [0.4, 0.5) is 0 Å². The third kappa shape index (κ3) is 2.77. The summed E-state index contributed by atoms with van der Waals surface area (Å²) in [5.41, 5.74) is 0.256. The van der Waals surface area contributed by atoms with E-state index in [2.05, 4.69) is 15.3 Å². The van der Waals surface area contributed by atoms with E-state index >= 15 is 0 Å². The van der Waals surface area contributed by atoms with Gasteiger partial charge in [0.2, 0.25) is 0 Å². The Bertz CT molecular complexity index is 421. The van der Waals surface area contributed by atoms with Crippen molar-refractivity contribution in [3.8, 4) is 0 Å². The number of aliphatic carboxylic acids is 1. The summed E-state index contributed by atoms with van der Waals surface area (Å²) in [5, 5.41) is 11.6. The first kappa shape index (κ1) is 11.5. The van der Waals surface area contributed by atoms with Gasteiger partial charge in [0.25, 0.3) is 5.91 Å². The van der Waals surface area contributed by atoms with Crippen molar-refractivity contribution < 1.29 is 14.7 Å². The van der Waals surface area contributed by atoms with Crippen molar-refractivity contribution in [3.05, 3.63) is 24.3 Å². The van der Waals surface area contributed by atoms with Crippen molar-refractivity contribution in [1.29, 1.82) is 0 Å². The summed E-state index contributed by atoms with van der Waals surface area (Å²) in [6.07, 6.45) is 6.13. The summed E-state index contributed by atoms with van der Waals surface area (Å²) in [6.45, 7) is 0. The number of carboxylic acid groups (broad SMARTS) is 1. The first-order valence-corrected chi connectivity index (χ1v) is 5.46. The highest BCUT2D eigenvalue weighted by Crippen LogP contribution is 2.25. The first-order chi connectivity index (χ1) is 8.16. The van der Waals surface area contributed by atoms with E-state index < -0.39 is 5.97 Å². The summed E-state index contributed by atoms with van der Waals surface area (Å²) in [4.78, 5) is 30.2. The Morgan fingerprint density at radius 2 is 2.18 bits per heavy atom. The Morgan fingerprint density at radius 3 is 2.76 bits per heavy atom. The Hall–Kier alpha value is -1.98. The van der Waals surface area contributed by atoms with Crippen LogP contribution < -0.4 is 5.32 Å². The molecule has 17 heavy (non-hydrogen) atoms. The minimum Gasteiger partial charge on any atom is -0.481 e. The average Bonchev–Trinajstić information content (AvgIpc) is 2.79. The van der Waals surface area contributed by atoms with Crippen LogP contribution >= 0.6 is 0 Å². The molecule has 1 heterocycles. The van der Waals surface area contributed by atoms with Gasteiger partial charge >= 0.3 is 5.97 Å². The molecule has 1 aliphatic carbocycles. The number of hydrogen-bond acceptors (Lipinski definition) is 4. The second-order valence-electron chi connectivity index (χ2n) is 4.11. The zero-order valence-electron chi connectivity index (χ0n) is 9.17. The molecule has 2 unspecified atom stereocenters. The highest BCUT2D eigenvalue weighted by Gasteiger charge is 2.30. The maximum atomic E-state index is 11.7. The van der Waals surface area contributed by atoms with Gasteiger partial charge in [0.1, 0.15) is 5.69 Å². The van der Waals surface area contributed by atoms with Crippen LogP contribution in [0.5, 0.6) is 0 Å². The van der Waals surface area contributed by atoms with E-state index in [1.807, 2.05) is 0 Å². The molecular weight excluding hydrogens is 222 g/mol. The largest absolute Gasteiger partial charge is 0.481 e. The fourth-order valence-corrected chi connectivity index (χ4v) is 2.01. The Morgan fingerprint density at radius 1 is 1.35 bits per heavy atom. The van der Waals surface area contributed by atoms with Gasteiger partial charge in [0, 0.05) is 18.4 Å². The summed E-state index contributed by atoms with van der Waals surface area (Å²) >= 11 is 0. The zero-order chi connectivity index (χ0) is 12.3. The maximum absolute atomic E-state index is 11.7. The van der Waals surface area contributed by atoms with Gasteiger partial charge in [-0.15, -0.1) is 0 Å². The number of carbonyl (C=O) groups excluding carboxylic acids is 1. The highest BCUT2D eigenvalue weighted by molar-refractivity contribution is 5.92. The van der Waals surface area contributed by atoms with E-state index in [0.717, 1.165) is 0 Å². The van der Waals surface area contributed by atoms with Crippen LogP contribution in [0.15, 0.2) is 18.6 Å². The lowest BCUT2D eigenvalue weighted by molar-refractivity contribution is -0.141. The van der Waals surface area contributed by atoms with Gasteiger partial charge in [-0.05, 0) is 19.3 Å². The fourth-order valence-electron chi connectivity index (χ4n) is 2.01. The van der Waals surface area contributed by atoms with Crippen LogP contribution in [0, 0.1) is 5.92 Å². The molecule has 1 saturated carbocycles. The molecule has 0 saturated heterocycles. The van der Waals surface area contributed by atoms with Crippen molar-refractivity contribution in [2.75, 3.05) is 0 Å². The molecule has 1 fully saturated rings. The summed E-state index contributed by atoms with van der Waals surface area (Å²) < 4.78 is 0. The van der Waals surface area contributed by atoms with Crippen LogP contribution in [0.25, 0.3) is 0 Å². The van der Waals surface area contributed by atoms with Gasteiger partial charge in [-0.1, -0.05) is 0 Å². The fraction of sp³-hybridized carbons (Fsp3) is 0.455. The predicted molar refractivity (Wildman–Crippen MR) is 58.3 cm³/mol. The summed E-state index contributed by atoms with van der Waals surface area (Å²) in [6, 6.07) is -0.0781. The predicted octanol–water partition coefficient (Wildman–Crippen LogP) is 0.460. The molecule has 1 aromatic rings. The number of nitrogens with zero attached hydrogens (tertiary/aromatic N) is 2. The van der Waals surface area contributed by atoms with Gasteiger partial charge in [0.15, 0.2) is 0 Å². The molecule has 1 aliphatic rings. The number of amides is 1. The second kappa shape index (κ2) is 4.90. The van der Waals surface area contributed by atoms with Gasteiger partial charge in [-0.2, -0.15) is 0 Å². The third-order valence-electron chi connectivity index (χ3n) is 2.91. The second-order valence-corrected chi connectivity index (χ2v) is 4.11. The van der Waals surface area contributed by atoms with E-state index in [9.17, 15) is 9.59 Å². The number of carbonyl (C=O) groups is 2. The molecule has 90 valence electrons. The molecule has 0 aliphatic heterocycles. The molecular formula is C11H13N3O3. The highest BCUT2D eigenvalue weighted by atomic mass is 16.4. The monoisotopic (exact) mass is 235 g/mol.